The molecule has 2 N–H and O–H groups in total. The molecule has 3 rings (SSSR count). The number of carbonyl (C=O) groups is 1. The van der Waals surface area contributed by atoms with Gasteiger partial charge in [0, 0.05) is 24.8 Å². The molecule has 0 fully saturated rings. The zero-order valence-electron chi connectivity index (χ0n) is 15.1. The van der Waals surface area contributed by atoms with E-state index in [-0.39, 0.29) is 23.4 Å². The van der Waals surface area contributed by atoms with Crippen LogP contribution in [0.5, 0.6) is 0 Å². The van der Waals surface area contributed by atoms with E-state index in [0.29, 0.717) is 38.3 Å². The molecule has 0 spiro atoms. The molecule has 2 aromatic rings. The minimum Gasteiger partial charge on any atom is -0.382 e. The van der Waals surface area contributed by atoms with Crippen LogP contribution in [0.4, 0.5) is 14.5 Å². The first-order chi connectivity index (χ1) is 13.1. The molecule has 7 heteroatoms. The van der Waals surface area contributed by atoms with Crippen LogP contribution in [0.25, 0.3) is 0 Å². The van der Waals surface area contributed by atoms with Gasteiger partial charge in [0.05, 0.1) is 25.5 Å². The molecule has 0 aliphatic carbocycles. The monoisotopic (exact) mass is 376 g/mol. The Balaban J connectivity index is 1.73. The average Bonchev–Trinajstić information content (AvgIpc) is 2.69. The fourth-order valence-electron chi connectivity index (χ4n) is 2.98. The van der Waals surface area contributed by atoms with Crippen LogP contribution in [0.1, 0.15) is 27.0 Å². The van der Waals surface area contributed by atoms with Gasteiger partial charge in [0.1, 0.15) is 11.6 Å². The fourth-order valence-corrected chi connectivity index (χ4v) is 2.98. The molecule has 0 bridgehead atoms. The molecule has 0 radical (unpaired) electrons. The Hall–Kier alpha value is -2.35. The highest BCUT2D eigenvalue weighted by Crippen LogP contribution is 2.25. The van der Waals surface area contributed by atoms with Gasteiger partial charge in [0.2, 0.25) is 0 Å². The van der Waals surface area contributed by atoms with Crippen molar-refractivity contribution >= 4 is 11.6 Å². The summed E-state index contributed by atoms with van der Waals surface area (Å²) < 4.78 is 38.8. The van der Waals surface area contributed by atoms with Gasteiger partial charge in [0.25, 0.3) is 5.91 Å². The van der Waals surface area contributed by atoms with Gasteiger partial charge < -0.3 is 20.1 Å². The maximum Gasteiger partial charge on any atom is 0.255 e. The van der Waals surface area contributed by atoms with E-state index >= 15 is 0 Å². The van der Waals surface area contributed by atoms with Crippen LogP contribution < -0.4 is 10.6 Å². The van der Waals surface area contributed by atoms with Crippen molar-refractivity contribution in [3.05, 3.63) is 64.2 Å². The van der Waals surface area contributed by atoms with E-state index in [1.165, 1.54) is 18.2 Å². The van der Waals surface area contributed by atoms with Crippen molar-refractivity contribution in [1.82, 2.24) is 5.32 Å². The standard InChI is InChI=1S/C20H22F2N2O3/c1-26-8-9-27-12-15-10-13(2-4-17(15)21)20(25)24-18-5-3-14-11-23-7-6-16(14)19(18)22/h2-5,10,23H,6-9,11-12H2,1H3,(H,24,25). The Morgan fingerprint density at radius 1 is 1.22 bits per heavy atom. The summed E-state index contributed by atoms with van der Waals surface area (Å²) >= 11 is 0. The second-order valence-electron chi connectivity index (χ2n) is 6.30. The van der Waals surface area contributed by atoms with Crippen LogP contribution in [0.2, 0.25) is 0 Å². The van der Waals surface area contributed by atoms with Gasteiger partial charge >= 0.3 is 0 Å². The number of carbonyl (C=O) groups excluding carboxylic acids is 1. The lowest BCUT2D eigenvalue weighted by Crippen LogP contribution is -2.25. The summed E-state index contributed by atoms with van der Waals surface area (Å²) in [5, 5.41) is 5.76. The number of hydrogen-bond donors (Lipinski definition) is 2. The first-order valence-corrected chi connectivity index (χ1v) is 8.77. The Kier molecular flexibility index (Phi) is 6.49. The highest BCUT2D eigenvalue weighted by atomic mass is 19.1. The van der Waals surface area contributed by atoms with Gasteiger partial charge in [-0.3, -0.25) is 4.79 Å². The topological polar surface area (TPSA) is 59.6 Å². The smallest absolute Gasteiger partial charge is 0.255 e. The molecule has 5 nitrogen and oxygen atoms in total. The van der Waals surface area contributed by atoms with Crippen molar-refractivity contribution in [2.75, 3.05) is 32.2 Å². The normalized spacial score (nSPS) is 13.3. The van der Waals surface area contributed by atoms with E-state index in [9.17, 15) is 13.6 Å². The van der Waals surface area contributed by atoms with E-state index in [4.69, 9.17) is 9.47 Å². The molecular weight excluding hydrogens is 354 g/mol. The van der Waals surface area contributed by atoms with Crippen molar-refractivity contribution < 1.29 is 23.0 Å². The number of amides is 1. The number of nitrogens with one attached hydrogen (secondary N) is 2. The second kappa shape index (κ2) is 9.03. The minimum absolute atomic E-state index is 0.0243. The summed E-state index contributed by atoms with van der Waals surface area (Å²) in [5.41, 5.74) is 2.14. The van der Waals surface area contributed by atoms with E-state index in [2.05, 4.69) is 10.6 Å². The molecule has 144 valence electrons. The number of benzene rings is 2. The number of ether oxygens (including phenoxy) is 2. The maximum atomic E-state index is 14.7. The molecule has 0 atom stereocenters. The van der Waals surface area contributed by atoms with E-state index in [0.717, 1.165) is 5.56 Å². The van der Waals surface area contributed by atoms with Gasteiger partial charge in [-0.1, -0.05) is 6.07 Å². The zero-order chi connectivity index (χ0) is 19.2. The van der Waals surface area contributed by atoms with Crippen LogP contribution in [0.15, 0.2) is 30.3 Å². The SMILES string of the molecule is COCCOCc1cc(C(=O)Nc2ccc3c(c2F)CCNC3)ccc1F. The first kappa shape index (κ1) is 19.4. The van der Waals surface area contributed by atoms with Crippen molar-refractivity contribution in [2.24, 2.45) is 0 Å². The number of fused-ring (bicyclic) bond motifs is 1. The summed E-state index contributed by atoms with van der Waals surface area (Å²) in [6.45, 7) is 2.06. The van der Waals surface area contributed by atoms with Crippen molar-refractivity contribution in [1.29, 1.82) is 0 Å². The number of methoxy groups -OCH3 is 1. The second-order valence-corrected chi connectivity index (χ2v) is 6.30. The largest absolute Gasteiger partial charge is 0.382 e. The predicted molar refractivity (Wildman–Crippen MR) is 97.7 cm³/mol. The molecule has 0 saturated heterocycles. The van der Waals surface area contributed by atoms with Crippen LogP contribution in [0, 0.1) is 11.6 Å². The summed E-state index contributed by atoms with van der Waals surface area (Å²) in [5.74, 6) is -1.37. The third kappa shape index (κ3) is 4.68. The highest BCUT2D eigenvalue weighted by Gasteiger charge is 2.18. The summed E-state index contributed by atoms with van der Waals surface area (Å²) in [6, 6.07) is 7.34. The lowest BCUT2D eigenvalue weighted by Gasteiger charge is -2.19. The molecule has 0 saturated carbocycles. The van der Waals surface area contributed by atoms with Gasteiger partial charge in [-0.15, -0.1) is 0 Å². The molecule has 0 aromatic heterocycles. The summed E-state index contributed by atoms with van der Waals surface area (Å²) in [6.07, 6.45) is 0.574. The molecule has 0 unspecified atom stereocenters. The van der Waals surface area contributed by atoms with E-state index < -0.39 is 17.5 Å². The maximum absolute atomic E-state index is 14.7. The van der Waals surface area contributed by atoms with Crippen LogP contribution in [0.3, 0.4) is 0 Å². The van der Waals surface area contributed by atoms with Crippen molar-refractivity contribution in [3.63, 3.8) is 0 Å². The third-order valence-electron chi connectivity index (χ3n) is 4.45. The lowest BCUT2D eigenvalue weighted by molar-refractivity contribution is 0.0604. The number of anilines is 1. The Bertz CT molecular complexity index is 827. The Labute approximate surface area is 156 Å². The van der Waals surface area contributed by atoms with Crippen LogP contribution in [-0.4, -0.2) is 32.8 Å². The molecule has 27 heavy (non-hydrogen) atoms. The van der Waals surface area contributed by atoms with E-state index in [1.807, 2.05) is 0 Å². The summed E-state index contributed by atoms with van der Waals surface area (Å²) in [7, 11) is 1.55. The average molecular weight is 376 g/mol. The highest BCUT2D eigenvalue weighted by molar-refractivity contribution is 6.04. The first-order valence-electron chi connectivity index (χ1n) is 8.77. The van der Waals surface area contributed by atoms with Crippen molar-refractivity contribution in [3.8, 4) is 0 Å². The molecule has 1 aliphatic rings. The van der Waals surface area contributed by atoms with Crippen LogP contribution >= 0.6 is 0 Å². The quantitative estimate of drug-likeness (QED) is 0.730. The number of rotatable bonds is 7. The molecule has 1 heterocycles. The Morgan fingerprint density at radius 3 is 2.89 bits per heavy atom. The molecular formula is C20H22F2N2O3. The van der Waals surface area contributed by atoms with Gasteiger partial charge in [-0.2, -0.15) is 0 Å². The Morgan fingerprint density at radius 2 is 2.07 bits per heavy atom. The van der Waals surface area contributed by atoms with E-state index in [1.54, 1.807) is 19.2 Å². The molecule has 2 aromatic carbocycles. The fraction of sp³-hybridized carbons (Fsp3) is 0.350. The summed E-state index contributed by atoms with van der Waals surface area (Å²) in [4.78, 5) is 12.5. The minimum atomic E-state index is -0.499. The zero-order valence-corrected chi connectivity index (χ0v) is 15.1. The van der Waals surface area contributed by atoms with Crippen LogP contribution in [-0.2, 0) is 29.0 Å². The van der Waals surface area contributed by atoms with Crippen molar-refractivity contribution in [2.45, 2.75) is 19.6 Å². The van der Waals surface area contributed by atoms with Gasteiger partial charge in [0.15, 0.2) is 0 Å². The number of hydrogen-bond acceptors (Lipinski definition) is 4. The predicted octanol–water partition coefficient (Wildman–Crippen LogP) is 3.03. The van der Waals surface area contributed by atoms with Gasteiger partial charge in [-0.25, -0.2) is 8.78 Å². The third-order valence-corrected chi connectivity index (χ3v) is 4.45. The molecule has 1 amide bonds. The lowest BCUT2D eigenvalue weighted by atomic mass is 9.99. The number of halogens is 2. The van der Waals surface area contributed by atoms with Gasteiger partial charge in [-0.05, 0) is 48.4 Å². The molecule has 1 aliphatic heterocycles.